The standard InChI is InChI=1S/C22H23F2N3O3S/c23-22(24)11-8-17(9-12-22)27-21(28)19-7-2-1-6-18(19)20(26-27)16-5-3-4-15(14-16)10-13-31(25,29)30/h1-7,14,17H,8-13H2,(H2,25,29,30). The normalized spacial score (nSPS) is 17.1. The molecule has 0 aliphatic heterocycles. The Morgan fingerprint density at radius 3 is 2.42 bits per heavy atom. The Morgan fingerprint density at radius 1 is 1.06 bits per heavy atom. The molecule has 1 aliphatic carbocycles. The largest absolute Gasteiger partial charge is 0.274 e. The molecule has 0 bridgehead atoms. The fourth-order valence-electron chi connectivity index (χ4n) is 4.07. The maximum absolute atomic E-state index is 13.6. The van der Waals surface area contributed by atoms with Gasteiger partial charge in [-0.25, -0.2) is 27.0 Å². The first-order chi connectivity index (χ1) is 14.6. The maximum atomic E-state index is 13.6. The number of benzene rings is 2. The number of sulfonamides is 1. The summed E-state index contributed by atoms with van der Waals surface area (Å²) in [7, 11) is -3.59. The van der Waals surface area contributed by atoms with Crippen molar-refractivity contribution >= 4 is 20.8 Å². The van der Waals surface area contributed by atoms with E-state index < -0.39 is 15.9 Å². The van der Waals surface area contributed by atoms with Crippen molar-refractivity contribution in [2.24, 2.45) is 5.14 Å². The van der Waals surface area contributed by atoms with Gasteiger partial charge in [0.05, 0.1) is 22.9 Å². The van der Waals surface area contributed by atoms with Crippen LogP contribution >= 0.6 is 0 Å². The van der Waals surface area contributed by atoms with E-state index in [1.807, 2.05) is 18.2 Å². The Labute approximate surface area is 178 Å². The first-order valence-electron chi connectivity index (χ1n) is 10.1. The summed E-state index contributed by atoms with van der Waals surface area (Å²) in [5.74, 6) is -2.88. The molecule has 0 radical (unpaired) electrons. The van der Waals surface area contributed by atoms with Crippen LogP contribution in [0.15, 0.2) is 53.3 Å². The Kier molecular flexibility index (Phi) is 5.65. The predicted molar refractivity (Wildman–Crippen MR) is 116 cm³/mol. The molecule has 0 atom stereocenters. The van der Waals surface area contributed by atoms with Gasteiger partial charge in [0, 0.05) is 23.8 Å². The van der Waals surface area contributed by atoms with Crippen LogP contribution < -0.4 is 10.7 Å². The number of aryl methyl sites for hydroxylation is 1. The number of nitrogens with two attached hydrogens (primary N) is 1. The third-order valence-corrected chi connectivity index (χ3v) is 6.51. The van der Waals surface area contributed by atoms with Gasteiger partial charge in [0.25, 0.3) is 5.56 Å². The first-order valence-corrected chi connectivity index (χ1v) is 11.8. The van der Waals surface area contributed by atoms with Crippen LogP contribution in [-0.4, -0.2) is 29.9 Å². The van der Waals surface area contributed by atoms with Crippen LogP contribution in [0.1, 0.15) is 37.3 Å². The van der Waals surface area contributed by atoms with E-state index >= 15 is 0 Å². The summed E-state index contributed by atoms with van der Waals surface area (Å²) < 4.78 is 51.2. The van der Waals surface area contributed by atoms with Gasteiger partial charge in [-0.2, -0.15) is 5.10 Å². The van der Waals surface area contributed by atoms with Gasteiger partial charge in [-0.3, -0.25) is 4.79 Å². The number of halogens is 2. The SMILES string of the molecule is NS(=O)(=O)CCc1cccc(-c2nn(C3CCC(F)(F)CC3)c(=O)c3ccccc23)c1. The van der Waals surface area contributed by atoms with Gasteiger partial charge in [0.1, 0.15) is 0 Å². The summed E-state index contributed by atoms with van der Waals surface area (Å²) in [5, 5.41) is 10.9. The number of nitrogens with zero attached hydrogens (tertiary/aromatic N) is 2. The second kappa shape index (κ2) is 8.12. The van der Waals surface area contributed by atoms with Gasteiger partial charge in [0.2, 0.25) is 15.9 Å². The number of fused-ring (bicyclic) bond motifs is 1. The smallest absolute Gasteiger partial charge is 0.267 e. The monoisotopic (exact) mass is 447 g/mol. The second-order valence-corrected chi connectivity index (χ2v) is 9.78. The lowest BCUT2D eigenvalue weighted by atomic mass is 9.92. The van der Waals surface area contributed by atoms with Gasteiger partial charge < -0.3 is 0 Å². The lowest BCUT2D eigenvalue weighted by molar-refractivity contribution is -0.0453. The molecular formula is C22H23F2N3O3S. The molecular weight excluding hydrogens is 424 g/mol. The fraction of sp³-hybridized carbons (Fsp3) is 0.364. The molecule has 1 saturated carbocycles. The average Bonchev–Trinajstić information content (AvgIpc) is 2.73. The van der Waals surface area contributed by atoms with E-state index in [0.29, 0.717) is 16.5 Å². The van der Waals surface area contributed by atoms with Gasteiger partial charge >= 0.3 is 0 Å². The highest BCUT2D eigenvalue weighted by molar-refractivity contribution is 7.89. The molecule has 31 heavy (non-hydrogen) atoms. The molecule has 0 unspecified atom stereocenters. The Balaban J connectivity index is 1.79. The minimum absolute atomic E-state index is 0.180. The molecule has 4 rings (SSSR count). The molecule has 2 aromatic carbocycles. The number of rotatable bonds is 5. The van der Waals surface area contributed by atoms with Crippen molar-refractivity contribution in [3.63, 3.8) is 0 Å². The summed E-state index contributed by atoms with van der Waals surface area (Å²) in [6.07, 6.45) is 0.0914. The summed E-state index contributed by atoms with van der Waals surface area (Å²) in [5.41, 5.74) is 1.76. The summed E-state index contributed by atoms with van der Waals surface area (Å²) in [6.45, 7) is 0. The minimum Gasteiger partial charge on any atom is -0.267 e. The molecule has 1 heterocycles. The van der Waals surface area contributed by atoms with Crippen molar-refractivity contribution in [2.75, 3.05) is 5.75 Å². The molecule has 9 heteroatoms. The lowest BCUT2D eigenvalue weighted by Gasteiger charge is -2.29. The van der Waals surface area contributed by atoms with Crippen molar-refractivity contribution in [1.29, 1.82) is 0 Å². The van der Waals surface area contributed by atoms with E-state index in [9.17, 15) is 22.0 Å². The maximum Gasteiger partial charge on any atom is 0.274 e. The second-order valence-electron chi connectivity index (χ2n) is 8.05. The highest BCUT2D eigenvalue weighted by Crippen LogP contribution is 2.38. The van der Waals surface area contributed by atoms with E-state index in [0.717, 1.165) is 11.1 Å². The number of hydrogen-bond donors (Lipinski definition) is 1. The number of hydrogen-bond acceptors (Lipinski definition) is 4. The molecule has 1 fully saturated rings. The van der Waals surface area contributed by atoms with E-state index in [1.165, 1.54) is 4.68 Å². The molecule has 1 aromatic heterocycles. The lowest BCUT2D eigenvalue weighted by Crippen LogP contribution is -2.33. The fourth-order valence-corrected chi connectivity index (χ4v) is 4.59. The Hall–Kier alpha value is -2.65. The molecule has 2 N–H and O–H groups in total. The number of aromatic nitrogens is 2. The van der Waals surface area contributed by atoms with Gasteiger partial charge in [-0.1, -0.05) is 36.4 Å². The van der Waals surface area contributed by atoms with Crippen LogP contribution in [0.25, 0.3) is 22.0 Å². The average molecular weight is 448 g/mol. The van der Waals surface area contributed by atoms with E-state index in [2.05, 4.69) is 5.10 Å². The van der Waals surface area contributed by atoms with Gasteiger partial charge in [0.15, 0.2) is 0 Å². The molecule has 0 amide bonds. The van der Waals surface area contributed by atoms with Crippen molar-refractivity contribution in [3.8, 4) is 11.3 Å². The zero-order valence-corrected chi connectivity index (χ0v) is 17.6. The molecule has 6 nitrogen and oxygen atoms in total. The topological polar surface area (TPSA) is 95.1 Å². The molecule has 0 spiro atoms. The van der Waals surface area contributed by atoms with E-state index in [-0.39, 0.29) is 49.5 Å². The summed E-state index contributed by atoms with van der Waals surface area (Å²) in [6, 6.07) is 13.9. The van der Waals surface area contributed by atoms with Crippen molar-refractivity contribution < 1.29 is 17.2 Å². The quantitative estimate of drug-likeness (QED) is 0.646. The number of alkyl halides is 2. The molecule has 0 saturated heterocycles. The zero-order valence-electron chi connectivity index (χ0n) is 16.8. The van der Waals surface area contributed by atoms with E-state index in [1.54, 1.807) is 30.3 Å². The van der Waals surface area contributed by atoms with E-state index in [4.69, 9.17) is 5.14 Å². The molecule has 1 aliphatic rings. The molecule has 3 aromatic rings. The Bertz CT molecular complexity index is 1280. The van der Waals surface area contributed by atoms with Gasteiger partial charge in [-0.05, 0) is 37.0 Å². The third-order valence-electron chi connectivity index (χ3n) is 5.74. The van der Waals surface area contributed by atoms with Crippen molar-refractivity contribution in [1.82, 2.24) is 9.78 Å². The highest BCUT2D eigenvalue weighted by atomic mass is 32.2. The number of primary sulfonamides is 1. The van der Waals surface area contributed by atoms with Crippen LogP contribution in [-0.2, 0) is 16.4 Å². The van der Waals surface area contributed by atoms with Crippen LogP contribution in [0.3, 0.4) is 0 Å². The summed E-state index contributed by atoms with van der Waals surface area (Å²) in [4.78, 5) is 13.1. The van der Waals surface area contributed by atoms with Gasteiger partial charge in [-0.15, -0.1) is 0 Å². The predicted octanol–water partition coefficient (Wildman–Crippen LogP) is 3.64. The Morgan fingerprint density at radius 2 is 1.74 bits per heavy atom. The van der Waals surface area contributed by atoms with Crippen LogP contribution in [0.5, 0.6) is 0 Å². The third kappa shape index (κ3) is 4.83. The zero-order chi connectivity index (χ0) is 22.2. The van der Waals surface area contributed by atoms with Crippen molar-refractivity contribution in [2.45, 2.75) is 44.1 Å². The van der Waals surface area contributed by atoms with Crippen LogP contribution in [0.2, 0.25) is 0 Å². The van der Waals surface area contributed by atoms with Crippen LogP contribution in [0.4, 0.5) is 8.78 Å². The highest BCUT2D eigenvalue weighted by Gasteiger charge is 2.36. The first kappa shape index (κ1) is 21.6. The van der Waals surface area contributed by atoms with Crippen molar-refractivity contribution in [3.05, 3.63) is 64.4 Å². The molecule has 164 valence electrons. The minimum atomic E-state index is -3.59. The van der Waals surface area contributed by atoms with Crippen LogP contribution in [0, 0.1) is 0 Å². The summed E-state index contributed by atoms with van der Waals surface area (Å²) >= 11 is 0.